The molecule has 0 spiro atoms. The van der Waals surface area contributed by atoms with Gasteiger partial charge in [-0.1, -0.05) is 25.9 Å². The Morgan fingerprint density at radius 3 is 2.61 bits per heavy atom. The molecule has 1 fully saturated rings. The SMILES string of the molecule is CC(C)(C)c1cnc(CN2CCCN(C(=O)c3cc(-c4ccc(F)cc4)on3)CC2)o1. The average Bonchev–Trinajstić information content (AvgIpc) is 3.34. The Morgan fingerprint density at radius 2 is 1.90 bits per heavy atom. The maximum Gasteiger partial charge on any atom is 0.276 e. The number of hydrogen-bond acceptors (Lipinski definition) is 6. The van der Waals surface area contributed by atoms with E-state index in [1.807, 2.05) is 0 Å². The summed E-state index contributed by atoms with van der Waals surface area (Å²) < 4.78 is 24.3. The maximum atomic E-state index is 13.1. The standard InChI is InChI=1S/C23H27FN4O3/c1-23(2,3)20-14-25-21(30-20)15-27-9-4-10-28(12-11-27)22(29)18-13-19(31-26-18)16-5-7-17(24)8-6-16/h5-8,13-14H,4,9-12,15H2,1-3H3. The van der Waals surface area contributed by atoms with Crippen LogP contribution in [-0.4, -0.2) is 52.0 Å². The van der Waals surface area contributed by atoms with Crippen LogP contribution in [0.15, 0.2) is 45.5 Å². The van der Waals surface area contributed by atoms with Gasteiger partial charge in [0.05, 0.1) is 12.7 Å². The first-order valence-electron chi connectivity index (χ1n) is 10.5. The molecule has 8 heteroatoms. The predicted octanol–water partition coefficient (Wildman–Crippen LogP) is 4.11. The van der Waals surface area contributed by atoms with Crippen molar-refractivity contribution in [1.82, 2.24) is 19.9 Å². The van der Waals surface area contributed by atoms with E-state index in [4.69, 9.17) is 8.94 Å². The highest BCUT2D eigenvalue weighted by Gasteiger charge is 2.25. The highest BCUT2D eigenvalue weighted by Crippen LogP contribution is 2.24. The lowest BCUT2D eigenvalue weighted by Crippen LogP contribution is -2.35. The van der Waals surface area contributed by atoms with Gasteiger partial charge in [0.15, 0.2) is 11.5 Å². The van der Waals surface area contributed by atoms with E-state index in [0.29, 0.717) is 36.8 Å². The number of aromatic nitrogens is 2. The number of halogens is 1. The molecule has 0 N–H and O–H groups in total. The smallest absolute Gasteiger partial charge is 0.276 e. The third-order valence-corrected chi connectivity index (χ3v) is 5.39. The van der Waals surface area contributed by atoms with E-state index >= 15 is 0 Å². The zero-order chi connectivity index (χ0) is 22.0. The van der Waals surface area contributed by atoms with Gasteiger partial charge in [-0.15, -0.1) is 0 Å². The molecule has 2 aromatic heterocycles. The van der Waals surface area contributed by atoms with E-state index in [-0.39, 0.29) is 22.8 Å². The first-order chi connectivity index (χ1) is 14.8. The molecule has 3 aromatic rings. The number of benzene rings is 1. The van der Waals surface area contributed by atoms with Gasteiger partial charge in [0.2, 0.25) is 5.89 Å². The van der Waals surface area contributed by atoms with Crippen LogP contribution in [0.3, 0.4) is 0 Å². The summed E-state index contributed by atoms with van der Waals surface area (Å²) >= 11 is 0. The summed E-state index contributed by atoms with van der Waals surface area (Å²) in [6.45, 7) is 9.72. The van der Waals surface area contributed by atoms with Gasteiger partial charge in [-0.25, -0.2) is 9.37 Å². The number of carbonyl (C=O) groups excluding carboxylic acids is 1. The molecule has 31 heavy (non-hydrogen) atoms. The van der Waals surface area contributed by atoms with Crippen molar-refractivity contribution in [2.45, 2.75) is 39.2 Å². The molecular weight excluding hydrogens is 399 g/mol. The molecular formula is C23H27FN4O3. The summed E-state index contributed by atoms with van der Waals surface area (Å²) in [4.78, 5) is 21.4. The minimum Gasteiger partial charge on any atom is -0.444 e. The normalized spacial score (nSPS) is 15.8. The van der Waals surface area contributed by atoms with Crippen LogP contribution in [0.1, 0.15) is 49.3 Å². The summed E-state index contributed by atoms with van der Waals surface area (Å²) in [5, 5.41) is 3.93. The first kappa shape index (κ1) is 21.2. The molecule has 1 aromatic carbocycles. The Hall–Kier alpha value is -3.00. The number of hydrogen-bond donors (Lipinski definition) is 0. The van der Waals surface area contributed by atoms with Crippen LogP contribution in [0.5, 0.6) is 0 Å². The third kappa shape index (κ3) is 5.02. The number of carbonyl (C=O) groups is 1. The van der Waals surface area contributed by atoms with Crippen LogP contribution in [0.4, 0.5) is 4.39 Å². The van der Waals surface area contributed by atoms with Crippen molar-refractivity contribution < 1.29 is 18.1 Å². The van der Waals surface area contributed by atoms with E-state index in [9.17, 15) is 9.18 Å². The monoisotopic (exact) mass is 426 g/mol. The molecule has 0 radical (unpaired) electrons. The Bertz CT molecular complexity index is 1040. The van der Waals surface area contributed by atoms with Crippen molar-refractivity contribution in [2.24, 2.45) is 0 Å². The van der Waals surface area contributed by atoms with Crippen LogP contribution < -0.4 is 0 Å². The van der Waals surface area contributed by atoms with Crippen molar-refractivity contribution in [2.75, 3.05) is 26.2 Å². The molecule has 0 saturated carbocycles. The fraction of sp³-hybridized carbons (Fsp3) is 0.435. The van der Waals surface area contributed by atoms with E-state index in [0.717, 1.165) is 25.3 Å². The van der Waals surface area contributed by atoms with Crippen LogP contribution >= 0.6 is 0 Å². The van der Waals surface area contributed by atoms with Crippen molar-refractivity contribution in [1.29, 1.82) is 0 Å². The van der Waals surface area contributed by atoms with E-state index in [1.165, 1.54) is 12.1 Å². The van der Waals surface area contributed by atoms with E-state index in [1.54, 1.807) is 29.3 Å². The molecule has 7 nitrogen and oxygen atoms in total. The molecule has 0 atom stereocenters. The second kappa shape index (κ2) is 8.63. The van der Waals surface area contributed by atoms with Crippen molar-refractivity contribution in [3.05, 3.63) is 59.7 Å². The maximum absolute atomic E-state index is 13.1. The van der Waals surface area contributed by atoms with Gasteiger partial charge in [-0.3, -0.25) is 9.69 Å². The largest absolute Gasteiger partial charge is 0.444 e. The van der Waals surface area contributed by atoms with Crippen LogP contribution in [0, 0.1) is 5.82 Å². The number of amides is 1. The lowest BCUT2D eigenvalue weighted by atomic mass is 9.94. The lowest BCUT2D eigenvalue weighted by molar-refractivity contribution is 0.0750. The highest BCUT2D eigenvalue weighted by atomic mass is 19.1. The number of nitrogens with zero attached hydrogens (tertiary/aromatic N) is 4. The quantitative estimate of drug-likeness (QED) is 0.625. The molecule has 164 valence electrons. The Balaban J connectivity index is 1.37. The van der Waals surface area contributed by atoms with Gasteiger partial charge in [-0.2, -0.15) is 0 Å². The highest BCUT2D eigenvalue weighted by molar-refractivity contribution is 5.93. The summed E-state index contributed by atoms with van der Waals surface area (Å²) in [5.74, 6) is 1.53. The van der Waals surface area contributed by atoms with Crippen molar-refractivity contribution >= 4 is 5.91 Å². The molecule has 0 aliphatic carbocycles. The first-order valence-corrected chi connectivity index (χ1v) is 10.5. The molecule has 3 heterocycles. The molecule has 1 aliphatic rings. The molecule has 1 aliphatic heterocycles. The van der Waals surface area contributed by atoms with Crippen LogP contribution in [0.25, 0.3) is 11.3 Å². The van der Waals surface area contributed by atoms with Gasteiger partial charge in [-0.05, 0) is 30.7 Å². The van der Waals surface area contributed by atoms with Gasteiger partial charge in [0.25, 0.3) is 5.91 Å². The summed E-state index contributed by atoms with van der Waals surface area (Å²) in [6.07, 6.45) is 2.65. The van der Waals surface area contributed by atoms with E-state index < -0.39 is 0 Å². The van der Waals surface area contributed by atoms with Gasteiger partial charge in [0, 0.05) is 43.2 Å². The molecule has 4 rings (SSSR count). The second-order valence-corrected chi connectivity index (χ2v) is 8.87. The Morgan fingerprint density at radius 1 is 1.13 bits per heavy atom. The fourth-order valence-electron chi connectivity index (χ4n) is 3.54. The van der Waals surface area contributed by atoms with Crippen LogP contribution in [-0.2, 0) is 12.0 Å². The lowest BCUT2D eigenvalue weighted by Gasteiger charge is -2.20. The summed E-state index contributed by atoms with van der Waals surface area (Å²) in [7, 11) is 0. The Labute approximate surface area is 180 Å². The number of oxazole rings is 1. The average molecular weight is 426 g/mol. The van der Waals surface area contributed by atoms with Crippen molar-refractivity contribution in [3.63, 3.8) is 0 Å². The van der Waals surface area contributed by atoms with E-state index in [2.05, 4.69) is 35.8 Å². The molecule has 1 amide bonds. The number of rotatable bonds is 4. The fourth-order valence-corrected chi connectivity index (χ4v) is 3.54. The topological polar surface area (TPSA) is 75.6 Å². The Kier molecular flexibility index (Phi) is 5.91. The summed E-state index contributed by atoms with van der Waals surface area (Å²) in [5.41, 5.74) is 0.864. The molecule has 0 unspecified atom stereocenters. The second-order valence-electron chi connectivity index (χ2n) is 8.87. The van der Waals surface area contributed by atoms with Gasteiger partial charge >= 0.3 is 0 Å². The minimum absolute atomic E-state index is 0.0718. The van der Waals surface area contributed by atoms with Gasteiger partial charge in [0.1, 0.15) is 11.6 Å². The molecule has 1 saturated heterocycles. The zero-order valence-electron chi connectivity index (χ0n) is 18.1. The summed E-state index contributed by atoms with van der Waals surface area (Å²) in [6, 6.07) is 7.50. The molecule has 0 bridgehead atoms. The van der Waals surface area contributed by atoms with Crippen LogP contribution in [0.2, 0.25) is 0 Å². The zero-order valence-corrected chi connectivity index (χ0v) is 18.1. The third-order valence-electron chi connectivity index (χ3n) is 5.39. The predicted molar refractivity (Wildman–Crippen MR) is 113 cm³/mol. The van der Waals surface area contributed by atoms with Gasteiger partial charge < -0.3 is 13.8 Å². The van der Waals surface area contributed by atoms with Crippen molar-refractivity contribution in [3.8, 4) is 11.3 Å². The minimum atomic E-state index is -0.326.